The molecule has 0 fully saturated rings. The van der Waals surface area contributed by atoms with Gasteiger partial charge in [-0.3, -0.25) is 10.1 Å². The van der Waals surface area contributed by atoms with E-state index in [1.165, 1.54) is 9.75 Å². The number of nitro benzene ring substituents is 1. The molecule has 1 unspecified atom stereocenters. The highest BCUT2D eigenvalue weighted by molar-refractivity contribution is 7.12. The quantitative estimate of drug-likeness (QED) is 0.614. The number of rotatable bonds is 7. The van der Waals surface area contributed by atoms with Crippen molar-refractivity contribution in [2.24, 2.45) is 0 Å². The Morgan fingerprint density at radius 1 is 1.29 bits per heavy atom. The zero-order valence-electron chi connectivity index (χ0n) is 12.3. The van der Waals surface area contributed by atoms with E-state index in [-0.39, 0.29) is 16.7 Å². The molecule has 0 aliphatic carbocycles. The maximum atomic E-state index is 11.1. The third-order valence-corrected chi connectivity index (χ3v) is 4.47. The van der Waals surface area contributed by atoms with Crippen LogP contribution in [0.4, 0.5) is 5.69 Å². The minimum Gasteiger partial charge on any atom is -0.309 e. The number of nitro groups is 1. The van der Waals surface area contributed by atoms with E-state index in [0.29, 0.717) is 6.42 Å². The van der Waals surface area contributed by atoms with Crippen molar-refractivity contribution in [3.05, 3.63) is 61.8 Å². The summed E-state index contributed by atoms with van der Waals surface area (Å²) in [5.41, 5.74) is 0.983. The van der Waals surface area contributed by atoms with Crippen LogP contribution >= 0.6 is 11.3 Å². The van der Waals surface area contributed by atoms with Crippen LogP contribution in [0.5, 0.6) is 0 Å². The van der Waals surface area contributed by atoms with Crippen molar-refractivity contribution in [1.82, 2.24) is 5.32 Å². The van der Waals surface area contributed by atoms with Crippen LogP contribution in [0.3, 0.4) is 0 Å². The van der Waals surface area contributed by atoms with Crippen LogP contribution in [0, 0.1) is 17.0 Å². The highest BCUT2D eigenvalue weighted by Crippen LogP contribution is 2.29. The predicted octanol–water partition coefficient (Wildman–Crippen LogP) is 4.25. The highest BCUT2D eigenvalue weighted by atomic mass is 32.1. The van der Waals surface area contributed by atoms with E-state index in [0.717, 1.165) is 18.5 Å². The van der Waals surface area contributed by atoms with Crippen LogP contribution in [0.1, 0.15) is 34.7 Å². The van der Waals surface area contributed by atoms with Crippen molar-refractivity contribution in [2.45, 2.75) is 32.7 Å². The second-order valence-electron chi connectivity index (χ2n) is 5.05. The Balaban J connectivity index is 2.24. The first kappa shape index (κ1) is 15.7. The Labute approximate surface area is 129 Å². The van der Waals surface area contributed by atoms with E-state index >= 15 is 0 Å². The summed E-state index contributed by atoms with van der Waals surface area (Å²) in [6, 6.07) is 11.3. The van der Waals surface area contributed by atoms with Gasteiger partial charge in [0.25, 0.3) is 5.69 Å². The van der Waals surface area contributed by atoms with Gasteiger partial charge in [0, 0.05) is 27.4 Å². The SMILES string of the molecule is CCCNC(Cc1ccccc1[N+](=O)[O-])c1ccc(C)s1. The average Bonchev–Trinajstić information content (AvgIpc) is 2.90. The summed E-state index contributed by atoms with van der Waals surface area (Å²) in [4.78, 5) is 13.3. The summed E-state index contributed by atoms with van der Waals surface area (Å²) in [5, 5.41) is 14.6. The second-order valence-corrected chi connectivity index (χ2v) is 6.36. The van der Waals surface area contributed by atoms with E-state index in [4.69, 9.17) is 0 Å². The molecule has 112 valence electrons. The summed E-state index contributed by atoms with van der Waals surface area (Å²) in [6.07, 6.45) is 1.68. The van der Waals surface area contributed by atoms with Crippen LogP contribution < -0.4 is 5.32 Å². The van der Waals surface area contributed by atoms with Gasteiger partial charge < -0.3 is 5.32 Å². The van der Waals surface area contributed by atoms with Gasteiger partial charge in [-0.25, -0.2) is 0 Å². The molecule has 0 radical (unpaired) electrons. The third kappa shape index (κ3) is 4.12. The van der Waals surface area contributed by atoms with Gasteiger partial charge in [0.15, 0.2) is 0 Å². The molecule has 0 spiro atoms. The van der Waals surface area contributed by atoms with Gasteiger partial charge in [-0.2, -0.15) is 0 Å². The van der Waals surface area contributed by atoms with E-state index in [9.17, 15) is 10.1 Å². The van der Waals surface area contributed by atoms with Crippen molar-refractivity contribution in [3.63, 3.8) is 0 Å². The fourth-order valence-electron chi connectivity index (χ4n) is 2.31. The minimum absolute atomic E-state index is 0.129. The molecule has 0 aliphatic rings. The van der Waals surface area contributed by atoms with Crippen LogP contribution in [0.25, 0.3) is 0 Å². The molecule has 21 heavy (non-hydrogen) atoms. The predicted molar refractivity (Wildman–Crippen MR) is 86.9 cm³/mol. The van der Waals surface area contributed by atoms with Crippen molar-refractivity contribution in [3.8, 4) is 0 Å². The molecular weight excluding hydrogens is 284 g/mol. The fraction of sp³-hybridized carbons (Fsp3) is 0.375. The van der Waals surface area contributed by atoms with Crippen molar-refractivity contribution in [1.29, 1.82) is 0 Å². The summed E-state index contributed by atoms with van der Waals surface area (Å²) >= 11 is 1.75. The number of aryl methyl sites for hydroxylation is 1. The molecule has 0 bridgehead atoms. The van der Waals surface area contributed by atoms with E-state index in [1.54, 1.807) is 23.5 Å². The first-order valence-electron chi connectivity index (χ1n) is 7.13. The number of para-hydroxylation sites is 1. The van der Waals surface area contributed by atoms with Gasteiger partial charge in [0.05, 0.1) is 4.92 Å². The van der Waals surface area contributed by atoms with Crippen molar-refractivity contribution >= 4 is 17.0 Å². The van der Waals surface area contributed by atoms with Crippen molar-refractivity contribution in [2.75, 3.05) is 6.54 Å². The standard InChI is InChI=1S/C16H20N2O2S/c1-3-10-17-14(16-9-8-12(2)21-16)11-13-6-4-5-7-15(13)18(19)20/h4-9,14,17H,3,10-11H2,1-2H3. The molecule has 2 rings (SSSR count). The van der Waals surface area contributed by atoms with Crippen LogP contribution in [-0.2, 0) is 6.42 Å². The van der Waals surface area contributed by atoms with Crippen LogP contribution in [0.15, 0.2) is 36.4 Å². The summed E-state index contributed by atoms with van der Waals surface area (Å²) in [6.45, 7) is 5.10. The molecule has 1 heterocycles. The maximum absolute atomic E-state index is 11.1. The molecule has 0 saturated heterocycles. The topological polar surface area (TPSA) is 55.2 Å². The number of hydrogen-bond acceptors (Lipinski definition) is 4. The lowest BCUT2D eigenvalue weighted by Crippen LogP contribution is -2.23. The summed E-state index contributed by atoms with van der Waals surface area (Å²) in [7, 11) is 0. The summed E-state index contributed by atoms with van der Waals surface area (Å²) in [5.74, 6) is 0. The number of nitrogens with zero attached hydrogens (tertiary/aromatic N) is 1. The van der Waals surface area contributed by atoms with Gasteiger partial charge in [0.1, 0.15) is 0 Å². The van der Waals surface area contributed by atoms with Gasteiger partial charge in [-0.05, 0) is 38.4 Å². The van der Waals surface area contributed by atoms with Gasteiger partial charge in [0.2, 0.25) is 0 Å². The number of nitrogens with one attached hydrogen (secondary N) is 1. The second kappa shape index (κ2) is 7.33. The number of thiophene rings is 1. The molecule has 0 amide bonds. The minimum atomic E-state index is -0.300. The normalized spacial score (nSPS) is 12.3. The Morgan fingerprint density at radius 3 is 2.67 bits per heavy atom. The molecule has 2 aromatic rings. The number of benzene rings is 1. The van der Waals surface area contributed by atoms with Crippen molar-refractivity contribution < 1.29 is 4.92 Å². The highest BCUT2D eigenvalue weighted by Gasteiger charge is 2.19. The average molecular weight is 304 g/mol. The first-order chi connectivity index (χ1) is 10.1. The Kier molecular flexibility index (Phi) is 5.47. The van der Waals surface area contributed by atoms with E-state index in [1.807, 2.05) is 12.1 Å². The monoisotopic (exact) mass is 304 g/mol. The molecule has 0 saturated carbocycles. The molecular formula is C16H20N2O2S. The first-order valence-corrected chi connectivity index (χ1v) is 7.95. The fourth-order valence-corrected chi connectivity index (χ4v) is 3.27. The smallest absolute Gasteiger partial charge is 0.272 e. The maximum Gasteiger partial charge on any atom is 0.272 e. The molecule has 5 heteroatoms. The molecule has 0 aliphatic heterocycles. The lowest BCUT2D eigenvalue weighted by molar-refractivity contribution is -0.385. The molecule has 1 aromatic carbocycles. The zero-order valence-corrected chi connectivity index (χ0v) is 13.2. The van der Waals surface area contributed by atoms with E-state index in [2.05, 4.69) is 31.3 Å². The van der Waals surface area contributed by atoms with E-state index < -0.39 is 0 Å². The Morgan fingerprint density at radius 2 is 2.05 bits per heavy atom. The molecule has 1 aromatic heterocycles. The molecule has 1 N–H and O–H groups in total. The largest absolute Gasteiger partial charge is 0.309 e. The summed E-state index contributed by atoms with van der Waals surface area (Å²) < 4.78 is 0. The lowest BCUT2D eigenvalue weighted by atomic mass is 10.0. The van der Waals surface area contributed by atoms with Gasteiger partial charge in [-0.1, -0.05) is 25.1 Å². The Hall–Kier alpha value is -1.72. The third-order valence-electron chi connectivity index (χ3n) is 3.36. The number of hydrogen-bond donors (Lipinski definition) is 1. The van der Waals surface area contributed by atoms with Gasteiger partial charge in [-0.15, -0.1) is 11.3 Å². The molecule has 1 atom stereocenters. The van der Waals surface area contributed by atoms with Crippen LogP contribution in [-0.4, -0.2) is 11.5 Å². The Bertz CT molecular complexity index is 610. The molecule has 4 nitrogen and oxygen atoms in total. The lowest BCUT2D eigenvalue weighted by Gasteiger charge is -2.17. The van der Waals surface area contributed by atoms with Crippen LogP contribution in [0.2, 0.25) is 0 Å². The van der Waals surface area contributed by atoms with Gasteiger partial charge >= 0.3 is 0 Å². The zero-order chi connectivity index (χ0) is 15.2.